The Bertz CT molecular complexity index is 654. The van der Waals surface area contributed by atoms with Crippen LogP contribution in [-0.4, -0.2) is 76.6 Å². The topological polar surface area (TPSA) is 67.4 Å². The predicted octanol–water partition coefficient (Wildman–Crippen LogP) is 3.91. The average molecular weight is 577 g/mol. The number of nitrogens with one attached hydrogen (secondary N) is 2. The fourth-order valence-corrected chi connectivity index (χ4v) is 3.52. The van der Waals surface area contributed by atoms with Gasteiger partial charge in [-0.25, -0.2) is 4.99 Å². The van der Waals surface area contributed by atoms with Gasteiger partial charge < -0.3 is 24.8 Å². The van der Waals surface area contributed by atoms with Gasteiger partial charge in [-0.15, -0.1) is 24.0 Å². The first-order chi connectivity index (χ1) is 15.6. The summed E-state index contributed by atoms with van der Waals surface area (Å²) in [5.41, 5.74) is 1.13. The van der Waals surface area contributed by atoms with Crippen LogP contribution in [0.5, 0.6) is 5.75 Å². The van der Waals surface area contributed by atoms with E-state index in [1.807, 2.05) is 12.1 Å². The summed E-state index contributed by atoms with van der Waals surface area (Å²) < 4.78 is 17.1. The number of rotatable bonds is 14. The standard InChI is InChI=1S/C25H44N4O3.HI/c1-5-26-25(27-12-17-31-14-9-21(2)3)28-20-22-7-6-8-24(19-22)32-18-13-29(4)23-10-15-30-16-11-23;/h6-8,19,21,23H,5,9-18,20H2,1-4H3,(H2,26,27,28);1H. The zero-order chi connectivity index (χ0) is 23.0. The fourth-order valence-electron chi connectivity index (χ4n) is 3.52. The molecule has 0 aliphatic carbocycles. The molecule has 0 saturated carbocycles. The van der Waals surface area contributed by atoms with Crippen molar-refractivity contribution < 1.29 is 14.2 Å². The van der Waals surface area contributed by atoms with Crippen LogP contribution in [0, 0.1) is 5.92 Å². The molecule has 0 atom stereocenters. The van der Waals surface area contributed by atoms with Gasteiger partial charge in [0.2, 0.25) is 0 Å². The molecule has 2 N–H and O–H groups in total. The van der Waals surface area contributed by atoms with E-state index in [0.717, 1.165) is 76.0 Å². The van der Waals surface area contributed by atoms with E-state index in [0.29, 0.717) is 31.7 Å². The Morgan fingerprint density at radius 3 is 2.70 bits per heavy atom. The van der Waals surface area contributed by atoms with Crippen LogP contribution in [0.15, 0.2) is 29.3 Å². The summed E-state index contributed by atoms with van der Waals surface area (Å²) in [6.45, 7) is 13.5. The number of halogens is 1. The molecular formula is C25H45IN4O3. The van der Waals surface area contributed by atoms with Crippen LogP contribution in [0.1, 0.15) is 45.6 Å². The Hall–Kier alpha value is -1.10. The summed E-state index contributed by atoms with van der Waals surface area (Å²) in [4.78, 5) is 7.09. The molecule has 190 valence electrons. The molecule has 0 radical (unpaired) electrons. The Balaban J connectivity index is 0.00000544. The fraction of sp³-hybridized carbons (Fsp3) is 0.720. The Morgan fingerprint density at radius 1 is 1.18 bits per heavy atom. The Kier molecular flexibility index (Phi) is 16.6. The molecule has 1 saturated heterocycles. The summed E-state index contributed by atoms with van der Waals surface area (Å²) in [6.07, 6.45) is 3.31. The maximum absolute atomic E-state index is 6.01. The van der Waals surface area contributed by atoms with Crippen LogP contribution >= 0.6 is 24.0 Å². The molecule has 1 aromatic rings. The van der Waals surface area contributed by atoms with Crippen molar-refractivity contribution in [2.24, 2.45) is 10.9 Å². The van der Waals surface area contributed by atoms with E-state index in [-0.39, 0.29) is 24.0 Å². The van der Waals surface area contributed by atoms with Gasteiger partial charge in [-0.3, -0.25) is 4.90 Å². The summed E-state index contributed by atoms with van der Waals surface area (Å²) in [5, 5.41) is 6.63. The molecule has 1 aromatic carbocycles. The Labute approximate surface area is 218 Å². The lowest BCUT2D eigenvalue weighted by molar-refractivity contribution is 0.0392. The zero-order valence-electron chi connectivity index (χ0n) is 21.0. The number of guanidine groups is 1. The normalized spacial score (nSPS) is 14.9. The molecule has 0 spiro atoms. The van der Waals surface area contributed by atoms with E-state index in [1.165, 1.54) is 0 Å². The van der Waals surface area contributed by atoms with Gasteiger partial charge >= 0.3 is 0 Å². The van der Waals surface area contributed by atoms with Crippen molar-refractivity contribution in [1.29, 1.82) is 0 Å². The Morgan fingerprint density at radius 2 is 1.97 bits per heavy atom. The first kappa shape index (κ1) is 29.9. The first-order valence-corrected chi connectivity index (χ1v) is 12.2. The summed E-state index contributed by atoms with van der Waals surface area (Å²) in [7, 11) is 2.18. The molecule has 2 rings (SSSR count). The second-order valence-electron chi connectivity index (χ2n) is 8.74. The van der Waals surface area contributed by atoms with E-state index in [4.69, 9.17) is 19.2 Å². The second kappa shape index (κ2) is 18.3. The molecule has 1 aliphatic rings. The monoisotopic (exact) mass is 576 g/mol. The third kappa shape index (κ3) is 13.4. The summed E-state index contributed by atoms with van der Waals surface area (Å²) in [5.74, 6) is 2.38. The lowest BCUT2D eigenvalue weighted by atomic mass is 10.1. The molecule has 0 aromatic heterocycles. The van der Waals surface area contributed by atoms with Gasteiger partial charge in [-0.2, -0.15) is 0 Å². The summed E-state index contributed by atoms with van der Waals surface area (Å²) in [6, 6.07) is 8.82. The molecule has 1 heterocycles. The van der Waals surface area contributed by atoms with Crippen LogP contribution in [0.4, 0.5) is 0 Å². The van der Waals surface area contributed by atoms with Crippen LogP contribution < -0.4 is 15.4 Å². The van der Waals surface area contributed by atoms with Gasteiger partial charge in [0, 0.05) is 45.5 Å². The lowest BCUT2D eigenvalue weighted by Gasteiger charge is -2.31. The number of benzene rings is 1. The number of aliphatic imine (C=N–C) groups is 1. The number of ether oxygens (including phenoxy) is 3. The highest BCUT2D eigenvalue weighted by Crippen LogP contribution is 2.15. The molecule has 0 bridgehead atoms. The van der Waals surface area contributed by atoms with Crippen LogP contribution in [0.3, 0.4) is 0 Å². The minimum atomic E-state index is 0. The first-order valence-electron chi connectivity index (χ1n) is 12.2. The van der Waals surface area contributed by atoms with Crippen molar-refractivity contribution in [1.82, 2.24) is 15.5 Å². The van der Waals surface area contributed by atoms with E-state index in [2.05, 4.69) is 55.5 Å². The highest BCUT2D eigenvalue weighted by atomic mass is 127. The summed E-state index contributed by atoms with van der Waals surface area (Å²) >= 11 is 0. The molecule has 0 unspecified atom stereocenters. The van der Waals surface area contributed by atoms with E-state index in [1.54, 1.807) is 0 Å². The van der Waals surface area contributed by atoms with Gasteiger partial charge in [-0.1, -0.05) is 26.0 Å². The lowest BCUT2D eigenvalue weighted by Crippen LogP contribution is -2.39. The number of hydrogen-bond acceptors (Lipinski definition) is 5. The van der Waals surface area contributed by atoms with Crippen LogP contribution in [-0.2, 0) is 16.0 Å². The highest BCUT2D eigenvalue weighted by molar-refractivity contribution is 14.0. The molecule has 7 nitrogen and oxygen atoms in total. The van der Waals surface area contributed by atoms with Gasteiger partial charge in [0.1, 0.15) is 12.4 Å². The van der Waals surface area contributed by atoms with Crippen molar-refractivity contribution >= 4 is 29.9 Å². The molecule has 33 heavy (non-hydrogen) atoms. The molecular weight excluding hydrogens is 531 g/mol. The van der Waals surface area contributed by atoms with E-state index in [9.17, 15) is 0 Å². The van der Waals surface area contributed by atoms with Crippen molar-refractivity contribution in [3.63, 3.8) is 0 Å². The van der Waals surface area contributed by atoms with Crippen LogP contribution in [0.25, 0.3) is 0 Å². The van der Waals surface area contributed by atoms with Crippen molar-refractivity contribution in [2.75, 3.05) is 59.7 Å². The minimum Gasteiger partial charge on any atom is -0.492 e. The van der Waals surface area contributed by atoms with Crippen LogP contribution in [0.2, 0.25) is 0 Å². The van der Waals surface area contributed by atoms with Crippen molar-refractivity contribution in [3.05, 3.63) is 29.8 Å². The van der Waals surface area contributed by atoms with Crippen molar-refractivity contribution in [3.8, 4) is 5.75 Å². The van der Waals surface area contributed by atoms with Gasteiger partial charge in [0.05, 0.1) is 13.2 Å². The largest absolute Gasteiger partial charge is 0.492 e. The molecule has 8 heteroatoms. The maximum Gasteiger partial charge on any atom is 0.191 e. The maximum atomic E-state index is 6.01. The molecule has 1 fully saturated rings. The SMILES string of the molecule is CCNC(=NCc1cccc(OCCN(C)C2CCOCC2)c1)NCCOCCC(C)C.I. The molecule has 1 aliphatic heterocycles. The minimum absolute atomic E-state index is 0. The van der Waals surface area contributed by atoms with Gasteiger partial charge in [0.25, 0.3) is 0 Å². The quantitative estimate of drug-likeness (QED) is 0.152. The average Bonchev–Trinajstić information content (AvgIpc) is 2.80. The van der Waals surface area contributed by atoms with Gasteiger partial charge in [0.15, 0.2) is 5.96 Å². The zero-order valence-corrected chi connectivity index (χ0v) is 23.3. The van der Waals surface area contributed by atoms with E-state index >= 15 is 0 Å². The number of likely N-dealkylation sites (N-methyl/N-ethyl adjacent to an activating group) is 1. The number of nitrogens with zero attached hydrogens (tertiary/aromatic N) is 2. The third-order valence-electron chi connectivity index (χ3n) is 5.57. The third-order valence-corrected chi connectivity index (χ3v) is 5.57. The smallest absolute Gasteiger partial charge is 0.191 e. The van der Waals surface area contributed by atoms with Crippen molar-refractivity contribution in [2.45, 2.75) is 52.6 Å². The predicted molar refractivity (Wildman–Crippen MR) is 147 cm³/mol. The second-order valence-corrected chi connectivity index (χ2v) is 8.74. The van der Waals surface area contributed by atoms with E-state index < -0.39 is 0 Å². The molecule has 0 amide bonds. The highest BCUT2D eigenvalue weighted by Gasteiger charge is 2.17. The van der Waals surface area contributed by atoms with Gasteiger partial charge in [-0.05, 0) is 56.8 Å². The number of hydrogen-bond donors (Lipinski definition) is 2.